The summed E-state index contributed by atoms with van der Waals surface area (Å²) in [4.78, 5) is 23.3. The monoisotopic (exact) mass is 301 g/mol. The van der Waals surface area contributed by atoms with Gasteiger partial charge in [0.05, 0.1) is 6.54 Å². The number of carbonyl (C=O) groups excluding carboxylic acids is 2. The summed E-state index contributed by atoms with van der Waals surface area (Å²) in [5.41, 5.74) is 3.52. The van der Waals surface area contributed by atoms with E-state index < -0.39 is 0 Å². The molecule has 0 unspecified atom stereocenters. The minimum absolute atomic E-state index is 0.0424. The van der Waals surface area contributed by atoms with E-state index in [0.29, 0.717) is 12.1 Å². The van der Waals surface area contributed by atoms with Crippen molar-refractivity contribution in [3.63, 3.8) is 0 Å². The van der Waals surface area contributed by atoms with Crippen LogP contribution in [-0.4, -0.2) is 29.0 Å². The summed E-state index contributed by atoms with van der Waals surface area (Å²) < 4.78 is 2.35. The fourth-order valence-corrected chi connectivity index (χ4v) is 2.76. The van der Waals surface area contributed by atoms with Crippen LogP contribution in [0.2, 0.25) is 0 Å². The lowest BCUT2D eigenvalue weighted by atomic mass is 10.2. The molecule has 118 valence electrons. The number of nitrogens with one attached hydrogen (secondary N) is 2. The summed E-state index contributed by atoms with van der Waals surface area (Å²) in [5.74, 6) is -0.349. The van der Waals surface area contributed by atoms with Gasteiger partial charge in [-0.15, -0.1) is 0 Å². The van der Waals surface area contributed by atoms with E-state index in [9.17, 15) is 9.59 Å². The highest BCUT2D eigenvalue weighted by Gasteiger charge is 2.26. The number of amides is 2. The third-order valence-electron chi connectivity index (χ3n) is 4.22. The zero-order valence-corrected chi connectivity index (χ0v) is 13.2. The van der Waals surface area contributed by atoms with E-state index in [0.717, 1.165) is 18.4 Å². The van der Waals surface area contributed by atoms with Gasteiger partial charge < -0.3 is 15.2 Å². The number of hydrogen-bond acceptors (Lipinski definition) is 2. The summed E-state index contributed by atoms with van der Waals surface area (Å²) in [5, 5.41) is 5.46. The van der Waals surface area contributed by atoms with Crippen molar-refractivity contribution in [3.05, 3.63) is 29.1 Å². The van der Waals surface area contributed by atoms with E-state index in [2.05, 4.69) is 35.1 Å². The Kier molecular flexibility index (Phi) is 4.05. The predicted molar refractivity (Wildman–Crippen MR) is 85.4 cm³/mol. The Morgan fingerprint density at radius 2 is 2.00 bits per heavy atom. The quantitative estimate of drug-likeness (QED) is 0.788. The smallest absolute Gasteiger partial charge is 0.244 e. The second kappa shape index (κ2) is 5.99. The van der Waals surface area contributed by atoms with Gasteiger partial charge in [-0.2, -0.15) is 0 Å². The van der Waals surface area contributed by atoms with Crippen molar-refractivity contribution >= 4 is 17.9 Å². The molecule has 2 amide bonds. The average Bonchev–Trinajstić information content (AvgIpc) is 3.37. The Hall–Kier alpha value is -2.04. The largest absolute Gasteiger partial charge is 0.352 e. The predicted octanol–water partition coefficient (Wildman–Crippen LogP) is 1.85. The molecule has 2 aliphatic carbocycles. The highest BCUT2D eigenvalue weighted by molar-refractivity contribution is 5.94. The number of rotatable bonds is 6. The molecule has 2 saturated carbocycles. The minimum Gasteiger partial charge on any atom is -0.352 e. The minimum atomic E-state index is -0.234. The van der Waals surface area contributed by atoms with Crippen molar-refractivity contribution in [2.75, 3.05) is 6.54 Å². The van der Waals surface area contributed by atoms with Crippen LogP contribution in [0.25, 0.3) is 6.08 Å². The lowest BCUT2D eigenvalue weighted by molar-refractivity contribution is -0.124. The molecule has 2 N–H and O–H groups in total. The van der Waals surface area contributed by atoms with E-state index in [1.807, 2.05) is 6.08 Å². The molecule has 0 spiro atoms. The van der Waals surface area contributed by atoms with Gasteiger partial charge in [-0.1, -0.05) is 0 Å². The van der Waals surface area contributed by atoms with Gasteiger partial charge in [-0.3, -0.25) is 9.59 Å². The van der Waals surface area contributed by atoms with Crippen LogP contribution in [0.5, 0.6) is 0 Å². The van der Waals surface area contributed by atoms with Crippen molar-refractivity contribution in [1.82, 2.24) is 15.2 Å². The van der Waals surface area contributed by atoms with Gasteiger partial charge >= 0.3 is 0 Å². The van der Waals surface area contributed by atoms with Crippen LogP contribution in [-0.2, 0) is 9.59 Å². The zero-order chi connectivity index (χ0) is 15.7. The third kappa shape index (κ3) is 3.59. The fourth-order valence-electron chi connectivity index (χ4n) is 2.76. The topological polar surface area (TPSA) is 63.1 Å². The number of hydrogen-bond donors (Lipinski definition) is 2. The number of aryl methyl sites for hydroxylation is 1. The van der Waals surface area contributed by atoms with Crippen molar-refractivity contribution in [2.45, 2.75) is 51.6 Å². The van der Waals surface area contributed by atoms with Crippen LogP contribution in [0.4, 0.5) is 0 Å². The van der Waals surface area contributed by atoms with E-state index in [1.165, 1.54) is 30.3 Å². The van der Waals surface area contributed by atoms with Crippen LogP contribution in [0.3, 0.4) is 0 Å². The molecule has 0 bridgehead atoms. The van der Waals surface area contributed by atoms with Crippen molar-refractivity contribution in [2.24, 2.45) is 0 Å². The van der Waals surface area contributed by atoms with Crippen molar-refractivity contribution < 1.29 is 9.59 Å². The van der Waals surface area contributed by atoms with Crippen LogP contribution in [0.15, 0.2) is 12.1 Å². The van der Waals surface area contributed by atoms with Crippen LogP contribution in [0.1, 0.15) is 48.7 Å². The molecule has 0 aromatic carbocycles. The first kappa shape index (κ1) is 14.9. The highest BCUT2D eigenvalue weighted by atomic mass is 16.2. The lowest BCUT2D eigenvalue weighted by Crippen LogP contribution is -2.37. The van der Waals surface area contributed by atoms with E-state index >= 15 is 0 Å². The lowest BCUT2D eigenvalue weighted by Gasteiger charge is -2.06. The number of aromatic nitrogens is 1. The van der Waals surface area contributed by atoms with Crippen molar-refractivity contribution in [1.29, 1.82) is 0 Å². The van der Waals surface area contributed by atoms with Gasteiger partial charge in [0.1, 0.15) is 0 Å². The van der Waals surface area contributed by atoms with Crippen LogP contribution >= 0.6 is 0 Å². The van der Waals surface area contributed by atoms with E-state index in [4.69, 9.17) is 0 Å². The molecule has 3 rings (SSSR count). The van der Waals surface area contributed by atoms with Gasteiger partial charge in [0.15, 0.2) is 0 Å². The molecular weight excluding hydrogens is 278 g/mol. The summed E-state index contributed by atoms with van der Waals surface area (Å²) in [6.07, 6.45) is 7.93. The Morgan fingerprint density at radius 3 is 2.64 bits per heavy atom. The summed E-state index contributed by atoms with van der Waals surface area (Å²) >= 11 is 0. The van der Waals surface area contributed by atoms with Gasteiger partial charge in [0.25, 0.3) is 0 Å². The zero-order valence-electron chi connectivity index (χ0n) is 13.2. The van der Waals surface area contributed by atoms with Gasteiger partial charge in [0, 0.05) is 29.5 Å². The molecule has 0 radical (unpaired) electrons. The first-order valence-electron chi connectivity index (χ1n) is 7.98. The molecule has 22 heavy (non-hydrogen) atoms. The number of carbonyl (C=O) groups is 2. The number of nitrogens with zero attached hydrogens (tertiary/aromatic N) is 1. The third-order valence-corrected chi connectivity index (χ3v) is 4.22. The second-order valence-corrected chi connectivity index (χ2v) is 6.32. The van der Waals surface area contributed by atoms with Gasteiger partial charge in [0.2, 0.25) is 11.8 Å². The summed E-state index contributed by atoms with van der Waals surface area (Å²) in [7, 11) is 0. The van der Waals surface area contributed by atoms with Gasteiger partial charge in [-0.05, 0) is 57.2 Å². The molecule has 1 aromatic heterocycles. The molecular formula is C17H23N3O2. The second-order valence-electron chi connectivity index (χ2n) is 6.32. The molecule has 2 aliphatic rings. The SMILES string of the molecule is Cc1cc(/C=C/C(=O)NCC(=O)NC2CC2)c(C)n1C1CC1. The van der Waals surface area contributed by atoms with Crippen LogP contribution < -0.4 is 10.6 Å². The van der Waals surface area contributed by atoms with E-state index in [1.54, 1.807) is 0 Å². The molecule has 0 aliphatic heterocycles. The first-order chi connectivity index (χ1) is 10.5. The maximum absolute atomic E-state index is 11.8. The summed E-state index contributed by atoms with van der Waals surface area (Å²) in [6, 6.07) is 3.08. The molecule has 1 heterocycles. The maximum atomic E-state index is 11.8. The normalized spacial score (nSPS) is 17.7. The molecule has 5 heteroatoms. The summed E-state index contributed by atoms with van der Waals surface area (Å²) in [6.45, 7) is 4.23. The average molecular weight is 301 g/mol. The van der Waals surface area contributed by atoms with Crippen LogP contribution in [0, 0.1) is 13.8 Å². The molecule has 5 nitrogen and oxygen atoms in total. The molecule has 1 aromatic rings. The molecule has 0 saturated heterocycles. The van der Waals surface area contributed by atoms with E-state index in [-0.39, 0.29) is 18.4 Å². The Bertz CT molecular complexity index is 622. The first-order valence-corrected chi connectivity index (χ1v) is 7.98. The Labute approximate surface area is 130 Å². The maximum Gasteiger partial charge on any atom is 0.244 e. The van der Waals surface area contributed by atoms with Crippen molar-refractivity contribution in [3.8, 4) is 0 Å². The molecule has 2 fully saturated rings. The Balaban J connectivity index is 1.53. The highest BCUT2D eigenvalue weighted by Crippen LogP contribution is 2.38. The standard InChI is InChI=1S/C17H23N3O2/c1-11-9-13(12(2)20(11)15-6-7-15)3-8-16(21)18-10-17(22)19-14-4-5-14/h3,8-9,14-15H,4-7,10H2,1-2H3,(H,18,21)(H,19,22)/b8-3+. The fraction of sp³-hybridized carbons (Fsp3) is 0.529. The molecule has 0 atom stereocenters. The van der Waals surface area contributed by atoms with Gasteiger partial charge in [-0.25, -0.2) is 0 Å². The Morgan fingerprint density at radius 1 is 1.27 bits per heavy atom.